The van der Waals surface area contributed by atoms with Crippen LogP contribution < -0.4 is 10.6 Å². The van der Waals surface area contributed by atoms with Crippen LogP contribution in [0.1, 0.15) is 83.6 Å². The van der Waals surface area contributed by atoms with Crippen LogP contribution in [0.4, 0.5) is 5.69 Å². The van der Waals surface area contributed by atoms with Crippen molar-refractivity contribution in [3.8, 4) is 0 Å². The second-order valence-electron chi connectivity index (χ2n) is 13.3. The van der Waals surface area contributed by atoms with Crippen molar-refractivity contribution in [3.05, 3.63) is 40.9 Å². The Morgan fingerprint density at radius 2 is 1.73 bits per heavy atom. The van der Waals surface area contributed by atoms with E-state index >= 15 is 0 Å². The van der Waals surface area contributed by atoms with E-state index in [4.69, 9.17) is 16.3 Å². The van der Waals surface area contributed by atoms with Gasteiger partial charge in [0.1, 0.15) is 11.6 Å². The van der Waals surface area contributed by atoms with Gasteiger partial charge in [-0.1, -0.05) is 88.6 Å². The van der Waals surface area contributed by atoms with Gasteiger partial charge < -0.3 is 20.3 Å². The predicted molar refractivity (Wildman–Crippen MR) is 159 cm³/mol. The minimum atomic E-state index is -1.13. The van der Waals surface area contributed by atoms with Crippen LogP contribution in [-0.4, -0.2) is 52.5 Å². The molecule has 7 nitrogen and oxygen atoms in total. The first-order valence-electron chi connectivity index (χ1n) is 15.8. The lowest BCUT2D eigenvalue weighted by atomic mass is 9.73. The number of fused-ring (bicyclic) bond motifs is 1. The number of anilines is 1. The predicted octanol–water partition coefficient (Wildman–Crippen LogP) is 5.79. The highest BCUT2D eigenvalue weighted by atomic mass is 35.5. The second-order valence-corrected chi connectivity index (χ2v) is 13.7. The largest absolute Gasteiger partial charge is 0.359 e. The van der Waals surface area contributed by atoms with Gasteiger partial charge in [0.25, 0.3) is 0 Å². The van der Waals surface area contributed by atoms with Gasteiger partial charge >= 0.3 is 0 Å². The van der Waals surface area contributed by atoms with E-state index in [0.717, 1.165) is 56.9 Å². The van der Waals surface area contributed by atoms with Gasteiger partial charge in [0, 0.05) is 22.8 Å². The van der Waals surface area contributed by atoms with Gasteiger partial charge in [0.15, 0.2) is 0 Å². The molecule has 0 aromatic heterocycles. The number of hydrogen-bond acceptors (Lipinski definition) is 4. The zero-order chi connectivity index (χ0) is 28.9. The summed E-state index contributed by atoms with van der Waals surface area (Å²) >= 11 is 6.32. The summed E-state index contributed by atoms with van der Waals surface area (Å²) in [5.41, 5.74) is 0.375. The Hall–Kier alpha value is -2.38. The van der Waals surface area contributed by atoms with E-state index in [0.29, 0.717) is 22.5 Å². The molecule has 1 aromatic rings. The number of halogens is 1. The lowest BCUT2D eigenvalue weighted by Crippen LogP contribution is -2.59. The molecule has 2 saturated carbocycles. The standard InChI is InChI=1S/C33H44ClN3O4/c1-19-10-9-13-25(21(19)3)36-31(39)29-33-17-16-26(41-33)27(30(38)35-22-15-14-20(2)24(34)18-22)28(33)32(40)37(29)23-11-7-5-4-6-8-12-23/h14-19,21,23,25-29H,4-13H2,1-3H3,(H,35,38)(H,36,39)/t19-,21-,25-,26+,27-,28+,29+,33+/m1/s1. The van der Waals surface area contributed by atoms with Gasteiger partial charge in [-0.15, -0.1) is 0 Å². The van der Waals surface area contributed by atoms with E-state index in [-0.39, 0.29) is 29.8 Å². The molecule has 8 atom stereocenters. The molecule has 2 saturated heterocycles. The Balaban J connectivity index is 1.32. The molecule has 222 valence electrons. The van der Waals surface area contributed by atoms with Gasteiger partial charge in [-0.05, 0) is 55.7 Å². The molecule has 0 unspecified atom stereocenters. The number of rotatable bonds is 5. The number of ether oxygens (including phenoxy) is 1. The summed E-state index contributed by atoms with van der Waals surface area (Å²) in [6.45, 7) is 6.39. The number of amides is 3. The van der Waals surface area contributed by atoms with Gasteiger partial charge in [-0.2, -0.15) is 0 Å². The topological polar surface area (TPSA) is 87.7 Å². The van der Waals surface area contributed by atoms with E-state index in [9.17, 15) is 14.4 Å². The van der Waals surface area contributed by atoms with Crippen molar-refractivity contribution in [1.82, 2.24) is 10.2 Å². The molecule has 3 heterocycles. The Kier molecular flexibility index (Phi) is 7.96. The third-order valence-corrected chi connectivity index (χ3v) is 11.2. The summed E-state index contributed by atoms with van der Waals surface area (Å²) in [6, 6.07) is 4.68. The highest BCUT2D eigenvalue weighted by molar-refractivity contribution is 6.31. The van der Waals surface area contributed by atoms with Crippen molar-refractivity contribution in [1.29, 1.82) is 0 Å². The number of nitrogens with zero attached hydrogens (tertiary/aromatic N) is 1. The summed E-state index contributed by atoms with van der Waals surface area (Å²) < 4.78 is 6.60. The van der Waals surface area contributed by atoms with E-state index < -0.39 is 29.6 Å². The van der Waals surface area contributed by atoms with Crippen molar-refractivity contribution in [2.45, 2.75) is 115 Å². The SMILES string of the molecule is Cc1ccc(NC(=O)[C@@H]2[C@@H]3C=C[C@]4(O3)[C@@H]2C(=O)N(C2CCCCCCC2)[C@H]4C(=O)N[C@@H]2CCC[C@@H](C)[C@H]2C)cc1Cl. The van der Waals surface area contributed by atoms with Crippen molar-refractivity contribution in [2.75, 3.05) is 5.32 Å². The molecule has 3 aliphatic heterocycles. The molecule has 4 fully saturated rings. The normalized spacial score (nSPS) is 37.0. The van der Waals surface area contributed by atoms with Crippen LogP contribution in [0.15, 0.2) is 30.4 Å². The van der Waals surface area contributed by atoms with Crippen molar-refractivity contribution in [2.24, 2.45) is 23.7 Å². The lowest BCUT2D eigenvalue weighted by Gasteiger charge is -2.40. The van der Waals surface area contributed by atoms with Crippen molar-refractivity contribution < 1.29 is 19.1 Å². The maximum Gasteiger partial charge on any atom is 0.246 e. The number of likely N-dealkylation sites (tertiary alicyclic amines) is 1. The first-order valence-corrected chi connectivity index (χ1v) is 16.2. The van der Waals surface area contributed by atoms with E-state index in [1.165, 1.54) is 12.8 Å². The van der Waals surface area contributed by atoms with Crippen molar-refractivity contribution >= 4 is 35.0 Å². The van der Waals surface area contributed by atoms with Gasteiger partial charge in [-0.25, -0.2) is 0 Å². The van der Waals surface area contributed by atoms with E-state index in [1.54, 1.807) is 6.07 Å². The van der Waals surface area contributed by atoms with Gasteiger partial charge in [0.05, 0.1) is 17.9 Å². The molecule has 8 heteroatoms. The average molecular weight is 582 g/mol. The zero-order valence-electron chi connectivity index (χ0n) is 24.5. The Morgan fingerprint density at radius 1 is 1.00 bits per heavy atom. The molecule has 1 spiro atoms. The minimum absolute atomic E-state index is 0.0307. The Bertz CT molecular complexity index is 1230. The molecule has 1 aromatic carbocycles. The van der Waals surface area contributed by atoms with E-state index in [2.05, 4.69) is 24.5 Å². The lowest BCUT2D eigenvalue weighted by molar-refractivity contribution is -0.144. The average Bonchev–Trinajstić information content (AvgIpc) is 3.56. The van der Waals surface area contributed by atoms with Crippen LogP contribution in [0, 0.1) is 30.6 Å². The third-order valence-electron chi connectivity index (χ3n) is 10.8. The molecule has 2 aliphatic carbocycles. The summed E-state index contributed by atoms with van der Waals surface area (Å²) in [7, 11) is 0. The van der Waals surface area contributed by atoms with Crippen LogP contribution >= 0.6 is 11.6 Å². The smallest absolute Gasteiger partial charge is 0.246 e. The molecule has 0 radical (unpaired) electrons. The zero-order valence-corrected chi connectivity index (χ0v) is 25.3. The van der Waals surface area contributed by atoms with Gasteiger partial charge in [-0.3, -0.25) is 14.4 Å². The first kappa shape index (κ1) is 28.7. The number of carbonyl (C=O) groups is 3. The van der Waals surface area contributed by atoms with Gasteiger partial charge in [0.2, 0.25) is 17.7 Å². The quantitative estimate of drug-likeness (QED) is 0.431. The van der Waals surface area contributed by atoms with Crippen LogP contribution in [0.5, 0.6) is 0 Å². The monoisotopic (exact) mass is 581 g/mol. The molecule has 6 rings (SSSR count). The fraction of sp³-hybridized carbons (Fsp3) is 0.667. The third kappa shape index (κ3) is 5.01. The molecule has 2 bridgehead atoms. The highest BCUT2D eigenvalue weighted by Gasteiger charge is 2.73. The summed E-state index contributed by atoms with van der Waals surface area (Å²) in [4.78, 5) is 44.5. The summed E-state index contributed by atoms with van der Waals surface area (Å²) in [5, 5.41) is 6.94. The Labute approximate surface area is 248 Å². The van der Waals surface area contributed by atoms with Crippen LogP contribution in [0.2, 0.25) is 5.02 Å². The summed E-state index contributed by atoms with van der Waals surface area (Å²) in [6.07, 6.45) is 13.8. The number of carbonyl (C=O) groups excluding carboxylic acids is 3. The molecule has 2 N–H and O–H groups in total. The van der Waals surface area contributed by atoms with Crippen LogP contribution in [-0.2, 0) is 19.1 Å². The maximum absolute atomic E-state index is 14.5. The molecule has 5 aliphatic rings. The molecule has 3 amide bonds. The maximum atomic E-state index is 14.5. The minimum Gasteiger partial charge on any atom is -0.359 e. The second kappa shape index (κ2) is 11.4. The van der Waals surface area contributed by atoms with Crippen LogP contribution in [0.25, 0.3) is 0 Å². The van der Waals surface area contributed by atoms with E-state index in [1.807, 2.05) is 36.1 Å². The highest BCUT2D eigenvalue weighted by Crippen LogP contribution is 2.56. The van der Waals surface area contributed by atoms with Crippen molar-refractivity contribution in [3.63, 3.8) is 0 Å². The fourth-order valence-electron chi connectivity index (χ4n) is 8.26. The number of benzene rings is 1. The summed E-state index contributed by atoms with van der Waals surface area (Å²) in [5.74, 6) is -1.07. The number of nitrogens with one attached hydrogen (secondary N) is 2. The number of hydrogen-bond donors (Lipinski definition) is 2. The number of aryl methyl sites for hydroxylation is 1. The molecular weight excluding hydrogens is 538 g/mol. The molecule has 41 heavy (non-hydrogen) atoms. The fourth-order valence-corrected chi connectivity index (χ4v) is 8.44. The van der Waals surface area contributed by atoms with Crippen LogP contribution in [0.3, 0.4) is 0 Å². The first-order chi connectivity index (χ1) is 19.7. The Morgan fingerprint density at radius 3 is 2.46 bits per heavy atom. The molecular formula is C33H44ClN3O4.